The molecule has 49 heavy (non-hydrogen) atoms. The number of primary amides is 1. The maximum Gasteiger partial charge on any atom is 0.415 e. The summed E-state index contributed by atoms with van der Waals surface area (Å²) in [6.45, 7) is 2.49. The zero-order chi connectivity index (χ0) is 35.4. The first-order valence-corrected chi connectivity index (χ1v) is 14.8. The normalized spacial score (nSPS) is 21.1. The predicted octanol–water partition coefficient (Wildman–Crippen LogP) is 2.89. The van der Waals surface area contributed by atoms with Crippen LogP contribution in [0, 0.1) is 0 Å². The van der Waals surface area contributed by atoms with Crippen LogP contribution in [0.3, 0.4) is 0 Å². The largest absolute Gasteiger partial charge is 0.493 e. The van der Waals surface area contributed by atoms with Crippen LogP contribution in [0.1, 0.15) is 36.7 Å². The van der Waals surface area contributed by atoms with Gasteiger partial charge >= 0.3 is 36.0 Å². The van der Waals surface area contributed by atoms with Gasteiger partial charge in [0, 0.05) is 37.1 Å². The van der Waals surface area contributed by atoms with Gasteiger partial charge in [0.15, 0.2) is 23.7 Å². The van der Waals surface area contributed by atoms with Crippen molar-refractivity contribution in [2.75, 3.05) is 13.7 Å². The van der Waals surface area contributed by atoms with Crippen LogP contribution >= 0.6 is 0 Å². The third kappa shape index (κ3) is 7.49. The molecule has 0 unspecified atom stereocenters. The Morgan fingerprint density at radius 1 is 0.857 bits per heavy atom. The van der Waals surface area contributed by atoms with Gasteiger partial charge in [-0.3, -0.25) is 14.4 Å². The van der Waals surface area contributed by atoms with E-state index in [4.69, 9.17) is 43.6 Å². The first-order chi connectivity index (χ1) is 23.4. The van der Waals surface area contributed by atoms with Crippen molar-refractivity contribution in [2.45, 2.75) is 58.1 Å². The molecule has 3 N–H and O–H groups in total. The molecule has 0 spiro atoms. The van der Waals surface area contributed by atoms with E-state index in [1.165, 1.54) is 7.11 Å². The lowest BCUT2D eigenvalue weighted by molar-refractivity contribution is -0.287. The molecule has 0 saturated carbocycles. The fraction of sp³-hybridized carbons (Fsp3) is 0.333. The summed E-state index contributed by atoms with van der Waals surface area (Å²) in [6, 6.07) is 13.0. The van der Waals surface area contributed by atoms with E-state index in [2.05, 4.69) is 0 Å². The number of nitrogens with one attached hydrogen (secondary N) is 1. The van der Waals surface area contributed by atoms with Crippen molar-refractivity contribution in [3.8, 4) is 22.6 Å². The maximum atomic E-state index is 12.9. The third-order valence-corrected chi connectivity index (χ3v) is 7.50. The van der Waals surface area contributed by atoms with E-state index in [-0.39, 0.29) is 23.7 Å². The molecule has 16 nitrogen and oxygen atoms in total. The number of imide groups is 1. The Kier molecular flexibility index (Phi) is 10.2. The number of urea groups is 1. The monoisotopic (exact) mass is 680 g/mol. The summed E-state index contributed by atoms with van der Waals surface area (Å²) in [5, 5.41) is 2.65. The molecule has 1 saturated heterocycles. The van der Waals surface area contributed by atoms with Crippen molar-refractivity contribution < 1.29 is 66.7 Å². The minimum atomic E-state index is -1.65. The molecule has 0 radical (unpaired) electrons. The number of hydrogen-bond acceptors (Lipinski definition) is 14. The summed E-state index contributed by atoms with van der Waals surface area (Å²) in [7, 11) is 1.39. The second-order valence-electron chi connectivity index (χ2n) is 10.9. The number of amides is 3. The minimum absolute atomic E-state index is 0.0393. The first kappa shape index (κ1) is 34.4. The highest BCUT2D eigenvalue weighted by Crippen LogP contribution is 2.47. The number of ether oxygens (including phenoxy) is 8. The molecular formula is C33H32N2O14. The van der Waals surface area contributed by atoms with Crippen molar-refractivity contribution in [3.05, 3.63) is 59.7 Å². The molecule has 0 aliphatic carbocycles. The van der Waals surface area contributed by atoms with E-state index in [0.717, 1.165) is 26.3 Å². The zero-order valence-electron chi connectivity index (χ0n) is 26.7. The van der Waals surface area contributed by atoms with E-state index in [0.29, 0.717) is 21.9 Å². The van der Waals surface area contributed by atoms with Gasteiger partial charge in [-0.15, -0.1) is 0 Å². The number of alkyl carbamates (subject to hydrolysis) is 1. The number of carbonyl (C=O) groups is 6. The summed E-state index contributed by atoms with van der Waals surface area (Å²) >= 11 is 0. The van der Waals surface area contributed by atoms with Gasteiger partial charge in [0.1, 0.15) is 19.3 Å². The van der Waals surface area contributed by atoms with Crippen LogP contribution in [0.25, 0.3) is 21.9 Å². The van der Waals surface area contributed by atoms with Crippen molar-refractivity contribution in [2.24, 2.45) is 5.73 Å². The molecule has 16 heteroatoms. The number of methoxy groups -OCH3 is 1. The SMILES string of the molecule is COc1cc2c3c(ccc(-c4ccccc4)c3c1O[C@@H]1O[C@H](COC(=O)NC(N)=O)[C@@H](OC(C)=O)[C@H](OC(C)=O)[C@H]1OC(C)=O)C(=O)OC2. The van der Waals surface area contributed by atoms with Gasteiger partial charge in [0.05, 0.1) is 12.7 Å². The zero-order valence-corrected chi connectivity index (χ0v) is 26.7. The Morgan fingerprint density at radius 2 is 1.49 bits per heavy atom. The summed E-state index contributed by atoms with van der Waals surface area (Å²) in [4.78, 5) is 73.3. The second kappa shape index (κ2) is 14.5. The summed E-state index contributed by atoms with van der Waals surface area (Å²) in [5.41, 5.74) is 7.24. The van der Waals surface area contributed by atoms with Gasteiger partial charge in [-0.2, -0.15) is 0 Å². The Labute approximate surface area is 278 Å². The molecule has 2 heterocycles. The molecule has 5 rings (SSSR count). The van der Waals surface area contributed by atoms with Gasteiger partial charge in [-0.1, -0.05) is 36.4 Å². The Morgan fingerprint density at radius 3 is 2.12 bits per heavy atom. The molecule has 5 atom stereocenters. The molecule has 3 aromatic carbocycles. The molecule has 2 aliphatic heterocycles. The average Bonchev–Trinajstić information content (AvgIpc) is 3.04. The molecule has 3 aromatic rings. The number of benzene rings is 3. The summed E-state index contributed by atoms with van der Waals surface area (Å²) < 4.78 is 45.4. The van der Waals surface area contributed by atoms with Crippen molar-refractivity contribution in [3.63, 3.8) is 0 Å². The summed E-state index contributed by atoms with van der Waals surface area (Å²) in [5.74, 6) is -2.89. The van der Waals surface area contributed by atoms with E-state index in [1.54, 1.807) is 23.5 Å². The predicted molar refractivity (Wildman–Crippen MR) is 165 cm³/mol. The Balaban J connectivity index is 1.69. The maximum absolute atomic E-state index is 12.9. The molecule has 2 aliphatic rings. The highest BCUT2D eigenvalue weighted by Gasteiger charge is 2.54. The van der Waals surface area contributed by atoms with E-state index in [1.807, 2.05) is 30.3 Å². The first-order valence-electron chi connectivity index (χ1n) is 14.8. The van der Waals surface area contributed by atoms with Crippen molar-refractivity contribution in [1.82, 2.24) is 5.32 Å². The van der Waals surface area contributed by atoms with Gasteiger partial charge in [0.25, 0.3) is 0 Å². The number of esters is 4. The molecule has 258 valence electrons. The van der Waals surface area contributed by atoms with Crippen LogP contribution in [0.5, 0.6) is 11.5 Å². The van der Waals surface area contributed by atoms with E-state index in [9.17, 15) is 28.8 Å². The Bertz CT molecular complexity index is 1810. The van der Waals surface area contributed by atoms with Gasteiger partial charge in [-0.25, -0.2) is 19.7 Å². The third-order valence-electron chi connectivity index (χ3n) is 7.50. The molecule has 0 bridgehead atoms. The van der Waals surface area contributed by atoms with Crippen LogP contribution in [-0.2, 0) is 49.4 Å². The van der Waals surface area contributed by atoms with Crippen LogP contribution in [0.4, 0.5) is 9.59 Å². The summed E-state index contributed by atoms with van der Waals surface area (Å²) in [6.07, 6.45) is -9.00. The fourth-order valence-corrected chi connectivity index (χ4v) is 5.72. The van der Waals surface area contributed by atoms with Crippen LogP contribution in [0.15, 0.2) is 48.5 Å². The Hall–Kier alpha value is -5.90. The van der Waals surface area contributed by atoms with Crippen molar-refractivity contribution in [1.29, 1.82) is 0 Å². The number of hydrogen-bond donors (Lipinski definition) is 2. The van der Waals surface area contributed by atoms with Crippen LogP contribution in [0.2, 0.25) is 0 Å². The van der Waals surface area contributed by atoms with Crippen LogP contribution < -0.4 is 20.5 Å². The van der Waals surface area contributed by atoms with Crippen LogP contribution in [-0.4, -0.2) is 80.4 Å². The highest BCUT2D eigenvalue weighted by molar-refractivity contribution is 6.14. The fourth-order valence-electron chi connectivity index (χ4n) is 5.72. The topological polar surface area (TPSA) is 214 Å². The second-order valence-corrected chi connectivity index (χ2v) is 10.9. The molecule has 3 amide bonds. The number of carbonyl (C=O) groups excluding carboxylic acids is 6. The quantitative estimate of drug-likeness (QED) is 0.246. The molecule has 1 fully saturated rings. The van der Waals surface area contributed by atoms with Gasteiger partial charge in [-0.05, 0) is 23.3 Å². The lowest BCUT2D eigenvalue weighted by atomic mass is 9.90. The van der Waals surface area contributed by atoms with E-state index < -0.39 is 73.3 Å². The lowest BCUT2D eigenvalue weighted by Crippen LogP contribution is -2.63. The number of rotatable bonds is 9. The highest BCUT2D eigenvalue weighted by atomic mass is 16.7. The van der Waals surface area contributed by atoms with Crippen molar-refractivity contribution >= 4 is 46.8 Å². The smallest absolute Gasteiger partial charge is 0.415 e. The minimum Gasteiger partial charge on any atom is -0.493 e. The van der Waals surface area contributed by atoms with Gasteiger partial charge in [0.2, 0.25) is 12.4 Å². The lowest BCUT2D eigenvalue weighted by Gasteiger charge is -2.44. The van der Waals surface area contributed by atoms with Gasteiger partial charge < -0.3 is 43.6 Å². The molecule has 0 aromatic heterocycles. The van der Waals surface area contributed by atoms with E-state index >= 15 is 0 Å². The molecular weight excluding hydrogens is 648 g/mol. The number of nitrogens with two attached hydrogens (primary N) is 1. The number of cyclic esters (lactones) is 1. The average molecular weight is 681 g/mol. The standard InChI is InChI=1S/C33H32N2O14/c1-15(36)45-27-23(14-44-33(41)35-32(34)40)48-31(29(47-17(3)38)28(27)46-16(2)37)49-26-22(42-4)12-19-13-43-30(39)21-11-10-20(25(26)24(19)21)18-8-6-5-7-9-18/h5-12,23,27-29,31H,13-14H2,1-4H3,(H3,34,35,40,41)/t23-,27-,28+,29-,31+/m1/s1.